The van der Waals surface area contributed by atoms with Crippen LogP contribution >= 0.6 is 0 Å². The molecular weight excluding hydrogens is 379 g/mol. The van der Waals surface area contributed by atoms with Crippen LogP contribution in [0.15, 0.2) is 23.1 Å². The van der Waals surface area contributed by atoms with E-state index >= 15 is 0 Å². The molecule has 1 N–H and O–H groups in total. The summed E-state index contributed by atoms with van der Waals surface area (Å²) in [4.78, 5) is -0.301. The van der Waals surface area contributed by atoms with Gasteiger partial charge in [-0.1, -0.05) is 0 Å². The number of nitrogens with one attached hydrogen (secondary N) is 1. The third kappa shape index (κ3) is 4.28. The maximum atomic E-state index is 12.1. The second-order valence-electron chi connectivity index (χ2n) is 4.43. The smallest absolute Gasteiger partial charge is 0.486 e. The topological polar surface area (TPSA) is 108 Å². The Balaban J connectivity index is 1.97. The van der Waals surface area contributed by atoms with E-state index < -0.39 is 38.8 Å². The number of fused-ring (bicyclic) bond motifs is 1. The van der Waals surface area contributed by atoms with Gasteiger partial charge in [-0.25, -0.2) is 13.1 Å². The first-order valence-electron chi connectivity index (χ1n) is 6.38. The van der Waals surface area contributed by atoms with E-state index in [1.165, 1.54) is 16.9 Å². The van der Waals surface area contributed by atoms with Gasteiger partial charge in [-0.15, -0.1) is 0 Å². The molecule has 1 aromatic rings. The third-order valence-corrected chi connectivity index (χ3v) is 5.24. The molecule has 1 heterocycles. The fourth-order valence-electron chi connectivity index (χ4n) is 1.66. The van der Waals surface area contributed by atoms with Gasteiger partial charge in [0, 0.05) is 12.6 Å². The van der Waals surface area contributed by atoms with Crippen LogP contribution in [-0.4, -0.2) is 48.7 Å². The maximum absolute atomic E-state index is 12.1. The van der Waals surface area contributed by atoms with Gasteiger partial charge in [0.25, 0.3) is 10.1 Å². The molecule has 24 heavy (non-hydrogen) atoms. The minimum Gasteiger partial charge on any atom is -0.486 e. The van der Waals surface area contributed by atoms with Crippen molar-refractivity contribution in [2.75, 3.05) is 26.4 Å². The summed E-state index contributed by atoms with van der Waals surface area (Å²) < 4.78 is 97.7. The first-order chi connectivity index (χ1) is 11.0. The predicted octanol–water partition coefficient (Wildman–Crippen LogP) is 0.602. The summed E-state index contributed by atoms with van der Waals surface area (Å²) >= 11 is 0. The van der Waals surface area contributed by atoms with Crippen molar-refractivity contribution < 1.29 is 43.7 Å². The van der Waals surface area contributed by atoms with E-state index in [0.29, 0.717) is 12.4 Å². The number of rotatable bonds is 6. The molecule has 0 unspecified atom stereocenters. The van der Waals surface area contributed by atoms with Gasteiger partial charge in [0.2, 0.25) is 0 Å². The summed E-state index contributed by atoms with van der Waals surface area (Å²) in [6, 6.07) is 3.66. The second-order valence-corrected chi connectivity index (χ2v) is 7.80. The fraction of sp³-hybridized carbons (Fsp3) is 0.455. The van der Waals surface area contributed by atoms with Crippen LogP contribution in [0.4, 0.5) is 13.2 Å². The summed E-state index contributed by atoms with van der Waals surface area (Å²) in [6.07, 6.45) is 0. The lowest BCUT2D eigenvalue weighted by Crippen LogP contribution is -2.38. The molecule has 0 saturated heterocycles. The highest BCUT2D eigenvalue weighted by atomic mass is 32.2. The van der Waals surface area contributed by atoms with Crippen molar-refractivity contribution >= 4 is 20.1 Å². The number of hydrogen-bond acceptors (Lipinski definition) is 7. The molecule has 0 saturated carbocycles. The van der Waals surface area contributed by atoms with Crippen LogP contribution in [0, 0.1) is 0 Å². The number of sulfonamides is 1. The summed E-state index contributed by atoms with van der Waals surface area (Å²) in [5.41, 5.74) is -5.48. The quantitative estimate of drug-likeness (QED) is 0.559. The first kappa shape index (κ1) is 18.8. The van der Waals surface area contributed by atoms with Gasteiger partial charge >= 0.3 is 15.5 Å². The molecule has 1 aliphatic rings. The van der Waals surface area contributed by atoms with Crippen LogP contribution in [-0.2, 0) is 24.3 Å². The number of alkyl halides is 3. The monoisotopic (exact) mass is 391 g/mol. The highest BCUT2D eigenvalue weighted by molar-refractivity contribution is 7.90. The van der Waals surface area contributed by atoms with Crippen LogP contribution in [0.2, 0.25) is 0 Å². The molecule has 0 aliphatic carbocycles. The summed E-state index contributed by atoms with van der Waals surface area (Å²) in [5.74, 6) is 0.529. The van der Waals surface area contributed by atoms with Crippen LogP contribution in [0.1, 0.15) is 0 Å². The van der Waals surface area contributed by atoms with Crippen molar-refractivity contribution in [3.63, 3.8) is 0 Å². The molecule has 0 aromatic heterocycles. The number of benzene rings is 1. The standard InChI is InChI=1S/C11H12F3NO7S2/c12-11(13,14)24(18,19)15-3-4-22-23(16,17)8-1-2-9-10(7-8)21-6-5-20-9/h1-2,7,15H,3-6H2. The molecule has 0 radical (unpaired) electrons. The van der Waals surface area contributed by atoms with Crippen molar-refractivity contribution in [2.24, 2.45) is 0 Å². The van der Waals surface area contributed by atoms with Crippen molar-refractivity contribution in [1.29, 1.82) is 0 Å². The van der Waals surface area contributed by atoms with Crippen LogP contribution < -0.4 is 14.2 Å². The molecule has 13 heteroatoms. The number of ether oxygens (including phenoxy) is 2. The number of hydrogen-bond donors (Lipinski definition) is 1. The zero-order valence-corrected chi connectivity index (χ0v) is 13.5. The molecule has 1 aliphatic heterocycles. The minimum atomic E-state index is -5.55. The Hall–Kier alpha value is -1.57. The predicted molar refractivity (Wildman–Crippen MR) is 73.5 cm³/mol. The molecule has 0 fully saturated rings. The second kappa shape index (κ2) is 6.74. The maximum Gasteiger partial charge on any atom is 0.511 e. The lowest BCUT2D eigenvalue weighted by atomic mass is 10.3. The van der Waals surface area contributed by atoms with Crippen LogP contribution in [0.5, 0.6) is 11.5 Å². The molecule has 136 valence electrons. The van der Waals surface area contributed by atoms with E-state index in [0.717, 1.165) is 6.07 Å². The van der Waals surface area contributed by atoms with Crippen molar-refractivity contribution in [2.45, 2.75) is 10.4 Å². The molecule has 8 nitrogen and oxygen atoms in total. The Morgan fingerprint density at radius 2 is 1.71 bits per heavy atom. The molecule has 0 atom stereocenters. The van der Waals surface area contributed by atoms with E-state index in [2.05, 4.69) is 4.18 Å². The highest BCUT2D eigenvalue weighted by Gasteiger charge is 2.45. The van der Waals surface area contributed by atoms with Gasteiger partial charge < -0.3 is 9.47 Å². The first-order valence-corrected chi connectivity index (χ1v) is 9.27. The largest absolute Gasteiger partial charge is 0.511 e. The number of halogens is 3. The van der Waals surface area contributed by atoms with Gasteiger partial charge in [0.05, 0.1) is 11.5 Å². The molecule has 2 rings (SSSR count). The van der Waals surface area contributed by atoms with Crippen molar-refractivity contribution in [3.05, 3.63) is 18.2 Å². The highest BCUT2D eigenvalue weighted by Crippen LogP contribution is 2.32. The van der Waals surface area contributed by atoms with Gasteiger partial charge in [-0.3, -0.25) is 4.18 Å². The summed E-state index contributed by atoms with van der Waals surface area (Å²) in [6.45, 7) is -1.14. The van der Waals surface area contributed by atoms with E-state index in [1.54, 1.807) is 0 Å². The zero-order chi connectivity index (χ0) is 18.0. The molecular formula is C11H12F3NO7S2. The van der Waals surface area contributed by atoms with E-state index in [9.17, 15) is 30.0 Å². The fourth-order valence-corrected chi connectivity index (χ4v) is 3.10. The minimum absolute atomic E-state index is 0.184. The Labute approximate surface area is 135 Å². The SMILES string of the molecule is O=S(=O)(OCCNS(=O)(=O)C(F)(F)F)c1ccc2c(c1)OCCO2. The molecule has 0 bridgehead atoms. The lowest BCUT2D eigenvalue weighted by Gasteiger charge is -2.18. The zero-order valence-electron chi connectivity index (χ0n) is 11.9. The lowest BCUT2D eigenvalue weighted by molar-refractivity contribution is -0.0448. The summed E-state index contributed by atoms with van der Waals surface area (Å²) in [7, 11) is -9.85. The Kier molecular flexibility index (Phi) is 5.27. The molecule has 0 spiro atoms. The van der Waals surface area contributed by atoms with E-state index in [-0.39, 0.29) is 17.3 Å². The molecule has 1 aromatic carbocycles. The van der Waals surface area contributed by atoms with Gasteiger partial charge in [0.15, 0.2) is 11.5 Å². The summed E-state index contributed by atoms with van der Waals surface area (Å²) in [5, 5.41) is 0. The Bertz CT molecular complexity index is 805. The van der Waals surface area contributed by atoms with E-state index in [4.69, 9.17) is 9.47 Å². The van der Waals surface area contributed by atoms with Gasteiger partial charge in [-0.05, 0) is 12.1 Å². The Morgan fingerprint density at radius 1 is 1.08 bits per heavy atom. The normalized spacial score (nSPS) is 15.3. The van der Waals surface area contributed by atoms with Crippen LogP contribution in [0.3, 0.4) is 0 Å². The molecule has 0 amide bonds. The van der Waals surface area contributed by atoms with Gasteiger partial charge in [-0.2, -0.15) is 21.6 Å². The average Bonchev–Trinajstić information content (AvgIpc) is 2.50. The Morgan fingerprint density at radius 3 is 2.33 bits per heavy atom. The van der Waals surface area contributed by atoms with Gasteiger partial charge in [0.1, 0.15) is 13.2 Å². The third-order valence-electron chi connectivity index (χ3n) is 2.74. The van der Waals surface area contributed by atoms with Crippen molar-refractivity contribution in [3.8, 4) is 11.5 Å². The average molecular weight is 391 g/mol. The van der Waals surface area contributed by atoms with Crippen molar-refractivity contribution in [1.82, 2.24) is 4.72 Å². The van der Waals surface area contributed by atoms with Crippen LogP contribution in [0.25, 0.3) is 0 Å². The van der Waals surface area contributed by atoms with E-state index in [1.807, 2.05) is 0 Å².